The van der Waals surface area contributed by atoms with Crippen molar-refractivity contribution < 1.29 is 4.43 Å². The molecule has 2 nitrogen and oxygen atoms in total. The van der Waals surface area contributed by atoms with Crippen LogP contribution in [0.4, 0.5) is 0 Å². The van der Waals surface area contributed by atoms with E-state index in [1.165, 1.54) is 32.2 Å². The lowest BCUT2D eigenvalue weighted by Crippen LogP contribution is -2.56. The van der Waals surface area contributed by atoms with Crippen molar-refractivity contribution in [2.24, 2.45) is 17.8 Å². The van der Waals surface area contributed by atoms with Crippen molar-refractivity contribution in [1.82, 2.24) is 5.32 Å². The molecule has 2 aliphatic heterocycles. The standard InChI is InChI=1S/C19H35NOSi/c1-13-7-8-15-10-14-11-17(18(20-12-14)16(15)9-13)21-22(5,6)19(2,3)4/h8,13-14,16-18,20H,7,9-12H2,1-6H3/t13-,14-,16+,17+,18+/m0/s1. The SMILES string of the molecule is C[C@H]1CC=C2C[C@@H]3CN[C@H]([C@@H]2C1)[C@H](O[Si](C)(C)C(C)(C)C)C3. The quantitative estimate of drug-likeness (QED) is 0.586. The highest BCUT2D eigenvalue weighted by atomic mass is 28.4. The summed E-state index contributed by atoms with van der Waals surface area (Å²) in [4.78, 5) is 0. The Balaban J connectivity index is 1.82. The zero-order valence-electron chi connectivity index (χ0n) is 15.4. The molecule has 0 aromatic carbocycles. The molecule has 2 aliphatic carbocycles. The Kier molecular flexibility index (Phi) is 4.37. The lowest BCUT2D eigenvalue weighted by atomic mass is 9.77. The van der Waals surface area contributed by atoms with Crippen LogP contribution in [-0.4, -0.2) is 27.0 Å². The van der Waals surface area contributed by atoms with E-state index in [0.29, 0.717) is 17.2 Å². The molecule has 4 aliphatic rings. The molecule has 4 rings (SSSR count). The van der Waals surface area contributed by atoms with Gasteiger partial charge in [-0.05, 0) is 68.1 Å². The normalized spacial score (nSPS) is 39.2. The zero-order valence-corrected chi connectivity index (χ0v) is 16.4. The molecule has 0 radical (unpaired) electrons. The molecule has 5 atom stereocenters. The number of hydrogen-bond donors (Lipinski definition) is 1. The van der Waals surface area contributed by atoms with Crippen molar-refractivity contribution in [1.29, 1.82) is 0 Å². The van der Waals surface area contributed by atoms with Gasteiger partial charge in [-0.25, -0.2) is 0 Å². The molecule has 0 aromatic rings. The van der Waals surface area contributed by atoms with Crippen LogP contribution in [0.1, 0.15) is 53.4 Å². The molecule has 2 saturated heterocycles. The summed E-state index contributed by atoms with van der Waals surface area (Å²) in [6, 6.07) is 0.557. The maximum atomic E-state index is 6.89. The fourth-order valence-corrected chi connectivity index (χ4v) is 5.71. The number of fused-ring (bicyclic) bond motifs is 2. The van der Waals surface area contributed by atoms with E-state index >= 15 is 0 Å². The fourth-order valence-electron chi connectivity index (χ4n) is 4.36. The van der Waals surface area contributed by atoms with E-state index in [2.05, 4.69) is 52.2 Å². The second-order valence-corrected chi connectivity index (χ2v) is 14.4. The number of piperidine rings is 1. The van der Waals surface area contributed by atoms with Gasteiger partial charge in [-0.1, -0.05) is 39.3 Å². The Morgan fingerprint density at radius 1 is 1.23 bits per heavy atom. The van der Waals surface area contributed by atoms with Gasteiger partial charge in [-0.3, -0.25) is 0 Å². The van der Waals surface area contributed by atoms with Crippen LogP contribution < -0.4 is 5.32 Å². The summed E-state index contributed by atoms with van der Waals surface area (Å²) in [5, 5.41) is 4.18. The number of hydrogen-bond acceptors (Lipinski definition) is 2. The first-order valence-corrected chi connectivity index (χ1v) is 12.2. The summed E-state index contributed by atoms with van der Waals surface area (Å²) >= 11 is 0. The number of nitrogens with one attached hydrogen (secondary N) is 1. The van der Waals surface area contributed by atoms with E-state index in [9.17, 15) is 0 Å². The van der Waals surface area contributed by atoms with Crippen LogP contribution in [0.2, 0.25) is 18.1 Å². The Morgan fingerprint density at radius 3 is 2.64 bits per heavy atom. The second kappa shape index (κ2) is 5.75. The highest BCUT2D eigenvalue weighted by molar-refractivity contribution is 6.74. The van der Waals surface area contributed by atoms with E-state index in [-0.39, 0.29) is 0 Å². The van der Waals surface area contributed by atoms with Crippen LogP contribution in [0.25, 0.3) is 0 Å². The summed E-state index contributed by atoms with van der Waals surface area (Å²) in [6.07, 6.45) is 8.23. The smallest absolute Gasteiger partial charge is 0.192 e. The predicted octanol–water partition coefficient (Wildman–Crippen LogP) is 4.73. The van der Waals surface area contributed by atoms with Gasteiger partial charge in [-0.15, -0.1) is 0 Å². The molecule has 3 fully saturated rings. The minimum absolute atomic E-state index is 0.303. The van der Waals surface area contributed by atoms with E-state index in [1.807, 2.05) is 0 Å². The van der Waals surface area contributed by atoms with Gasteiger partial charge in [0.05, 0.1) is 6.10 Å². The monoisotopic (exact) mass is 321 g/mol. The topological polar surface area (TPSA) is 21.3 Å². The van der Waals surface area contributed by atoms with Crippen molar-refractivity contribution in [2.45, 2.75) is 83.7 Å². The Morgan fingerprint density at radius 2 is 1.95 bits per heavy atom. The average molecular weight is 322 g/mol. The van der Waals surface area contributed by atoms with Gasteiger partial charge in [0.1, 0.15) is 0 Å². The van der Waals surface area contributed by atoms with Crippen LogP contribution in [0.5, 0.6) is 0 Å². The van der Waals surface area contributed by atoms with Crippen LogP contribution in [0.3, 0.4) is 0 Å². The largest absolute Gasteiger partial charge is 0.412 e. The number of rotatable bonds is 2. The molecule has 2 bridgehead atoms. The third-order valence-electron chi connectivity index (χ3n) is 6.73. The summed E-state index contributed by atoms with van der Waals surface area (Å²) in [5.74, 6) is 2.35. The summed E-state index contributed by atoms with van der Waals surface area (Å²) in [7, 11) is -1.69. The van der Waals surface area contributed by atoms with Gasteiger partial charge in [0, 0.05) is 6.04 Å². The molecular weight excluding hydrogens is 286 g/mol. The van der Waals surface area contributed by atoms with Crippen LogP contribution >= 0.6 is 0 Å². The van der Waals surface area contributed by atoms with Gasteiger partial charge in [-0.2, -0.15) is 0 Å². The lowest BCUT2D eigenvalue weighted by Gasteiger charge is -2.45. The lowest BCUT2D eigenvalue weighted by molar-refractivity contribution is 0.0707. The van der Waals surface area contributed by atoms with Crippen molar-refractivity contribution in [2.75, 3.05) is 6.54 Å². The van der Waals surface area contributed by atoms with Crippen molar-refractivity contribution in [3.8, 4) is 0 Å². The second-order valence-electron chi connectivity index (χ2n) is 9.62. The van der Waals surface area contributed by atoms with Gasteiger partial charge in [0.2, 0.25) is 0 Å². The average Bonchev–Trinajstić information content (AvgIpc) is 2.64. The van der Waals surface area contributed by atoms with Gasteiger partial charge >= 0.3 is 0 Å². The van der Waals surface area contributed by atoms with Crippen LogP contribution in [0, 0.1) is 17.8 Å². The Labute approximate surface area is 138 Å². The van der Waals surface area contributed by atoms with Gasteiger partial charge in [0.25, 0.3) is 0 Å². The van der Waals surface area contributed by atoms with Gasteiger partial charge in [0.15, 0.2) is 8.32 Å². The van der Waals surface area contributed by atoms with E-state index < -0.39 is 8.32 Å². The minimum atomic E-state index is -1.69. The molecule has 1 N–H and O–H groups in total. The summed E-state index contributed by atoms with van der Waals surface area (Å²) in [5.41, 5.74) is 1.75. The molecule has 0 aromatic heterocycles. The first kappa shape index (κ1) is 16.7. The molecule has 0 spiro atoms. The third-order valence-corrected chi connectivity index (χ3v) is 11.2. The first-order valence-electron chi connectivity index (χ1n) is 9.27. The van der Waals surface area contributed by atoms with E-state index in [1.54, 1.807) is 5.57 Å². The van der Waals surface area contributed by atoms with Crippen LogP contribution in [-0.2, 0) is 4.43 Å². The van der Waals surface area contributed by atoms with E-state index in [0.717, 1.165) is 17.8 Å². The summed E-state index contributed by atoms with van der Waals surface area (Å²) in [6.45, 7) is 15.5. The fraction of sp³-hybridized carbons (Fsp3) is 0.895. The first-order chi connectivity index (χ1) is 10.2. The highest BCUT2D eigenvalue weighted by Gasteiger charge is 2.47. The van der Waals surface area contributed by atoms with Gasteiger partial charge < -0.3 is 9.74 Å². The maximum absolute atomic E-state index is 6.89. The number of allylic oxidation sites excluding steroid dienone is 1. The third kappa shape index (κ3) is 3.09. The minimum Gasteiger partial charge on any atom is -0.412 e. The highest BCUT2D eigenvalue weighted by Crippen LogP contribution is 2.45. The molecule has 3 heteroatoms. The summed E-state index contributed by atoms with van der Waals surface area (Å²) < 4.78 is 6.89. The molecule has 22 heavy (non-hydrogen) atoms. The molecule has 1 saturated carbocycles. The molecule has 2 heterocycles. The van der Waals surface area contributed by atoms with Crippen molar-refractivity contribution >= 4 is 8.32 Å². The zero-order chi connectivity index (χ0) is 16.1. The molecule has 0 unspecified atom stereocenters. The van der Waals surface area contributed by atoms with Crippen LogP contribution in [0.15, 0.2) is 11.6 Å². The maximum Gasteiger partial charge on any atom is 0.192 e. The Hall–Kier alpha value is -0.123. The Bertz CT molecular complexity index is 451. The molecule has 0 amide bonds. The predicted molar refractivity (Wildman–Crippen MR) is 96.6 cm³/mol. The van der Waals surface area contributed by atoms with Crippen molar-refractivity contribution in [3.05, 3.63) is 11.6 Å². The molecule has 126 valence electrons. The van der Waals surface area contributed by atoms with E-state index in [4.69, 9.17) is 4.43 Å². The molecular formula is C19H35NOSi. The van der Waals surface area contributed by atoms with Crippen molar-refractivity contribution in [3.63, 3.8) is 0 Å².